The van der Waals surface area contributed by atoms with Crippen molar-refractivity contribution in [1.29, 1.82) is 0 Å². The fraction of sp³-hybridized carbons (Fsp3) is 0.250. The van der Waals surface area contributed by atoms with E-state index in [-0.39, 0.29) is 0 Å². The lowest BCUT2D eigenvalue weighted by molar-refractivity contribution is 1.37. The fourth-order valence-electron chi connectivity index (χ4n) is 1.25. The lowest BCUT2D eigenvalue weighted by Crippen LogP contribution is -1.82. The summed E-state index contributed by atoms with van der Waals surface area (Å²) in [7, 11) is 0. The van der Waals surface area contributed by atoms with Crippen LogP contribution in [-0.4, -0.2) is 4.98 Å². The Morgan fingerprint density at radius 3 is 2.53 bits per heavy atom. The molecule has 0 bridgehead atoms. The van der Waals surface area contributed by atoms with Gasteiger partial charge in [-0.1, -0.05) is 37.1 Å². The molecular weight excluding hydrogens is 273 g/mol. The molecule has 1 aromatic heterocycles. The smallest absolute Gasteiger partial charge is 0.143 e. The summed E-state index contributed by atoms with van der Waals surface area (Å²) in [6.07, 6.45) is 0. The molecule has 15 heavy (non-hydrogen) atoms. The molecule has 0 atom stereocenters. The Kier molecular flexibility index (Phi) is 4.55. The molecule has 0 saturated carbocycles. The van der Waals surface area contributed by atoms with Crippen LogP contribution in [0.5, 0.6) is 0 Å². The van der Waals surface area contributed by atoms with Crippen LogP contribution in [0.4, 0.5) is 0 Å². The second kappa shape index (κ2) is 5.47. The summed E-state index contributed by atoms with van der Waals surface area (Å²) in [5, 5.41) is 1.62. The molecule has 0 amide bonds. The van der Waals surface area contributed by atoms with Gasteiger partial charge in [0.05, 0.1) is 9.99 Å². The molecule has 0 aliphatic rings. The lowest BCUT2D eigenvalue weighted by Gasteiger charge is -2.00. The highest BCUT2D eigenvalue weighted by molar-refractivity contribution is 9.10. The third kappa shape index (κ3) is 2.93. The molecule has 0 unspecified atom stereocenters. The average Bonchev–Trinajstić information content (AvgIpc) is 2.23. The zero-order chi connectivity index (χ0) is 11.4. The van der Waals surface area contributed by atoms with Crippen molar-refractivity contribution in [2.75, 3.05) is 0 Å². The first kappa shape index (κ1) is 12.5. The molecule has 1 heterocycles. The predicted octanol–water partition coefficient (Wildman–Crippen LogP) is 4.99. The first-order valence-corrected chi connectivity index (χ1v) is 6.06. The molecule has 2 rings (SSSR count). The standard InChI is InChI=1S/C10H7BrClN.C2H6/c1-6-2-3-9-7(4-6)5-8(11)10(12)13-9;1-2/h2-5H,1H3;1-2H3. The minimum Gasteiger partial charge on any atom is -0.235 e. The molecule has 80 valence electrons. The van der Waals surface area contributed by atoms with Crippen LogP contribution in [-0.2, 0) is 0 Å². The number of rotatable bonds is 0. The van der Waals surface area contributed by atoms with Crippen molar-refractivity contribution in [3.63, 3.8) is 0 Å². The number of benzene rings is 1. The Labute approximate surface area is 104 Å². The second-order valence-corrected chi connectivity index (χ2v) is 4.17. The highest BCUT2D eigenvalue weighted by Crippen LogP contribution is 2.25. The number of halogens is 2. The number of fused-ring (bicyclic) bond motifs is 1. The van der Waals surface area contributed by atoms with Gasteiger partial charge in [0.2, 0.25) is 0 Å². The minimum absolute atomic E-state index is 0.511. The molecule has 3 heteroatoms. The van der Waals surface area contributed by atoms with Gasteiger partial charge < -0.3 is 0 Å². The zero-order valence-electron chi connectivity index (χ0n) is 9.01. The Hall–Kier alpha value is -0.600. The minimum atomic E-state index is 0.511. The van der Waals surface area contributed by atoms with Crippen molar-refractivity contribution in [3.05, 3.63) is 39.5 Å². The van der Waals surface area contributed by atoms with Gasteiger partial charge in [-0.3, -0.25) is 0 Å². The highest BCUT2D eigenvalue weighted by atomic mass is 79.9. The van der Waals surface area contributed by atoms with Crippen molar-refractivity contribution in [3.8, 4) is 0 Å². The average molecular weight is 287 g/mol. The van der Waals surface area contributed by atoms with Crippen LogP contribution in [0.3, 0.4) is 0 Å². The van der Waals surface area contributed by atoms with Crippen molar-refractivity contribution in [2.45, 2.75) is 20.8 Å². The maximum atomic E-state index is 5.87. The van der Waals surface area contributed by atoms with E-state index < -0.39 is 0 Å². The first-order valence-electron chi connectivity index (χ1n) is 4.89. The van der Waals surface area contributed by atoms with Gasteiger partial charge in [0.1, 0.15) is 5.15 Å². The van der Waals surface area contributed by atoms with Gasteiger partial charge in [-0.05, 0) is 41.1 Å². The van der Waals surface area contributed by atoms with Crippen LogP contribution in [0.25, 0.3) is 10.9 Å². The van der Waals surface area contributed by atoms with Gasteiger partial charge >= 0.3 is 0 Å². The summed E-state index contributed by atoms with van der Waals surface area (Å²) in [5.74, 6) is 0. The van der Waals surface area contributed by atoms with Crippen molar-refractivity contribution in [1.82, 2.24) is 4.98 Å². The Bertz CT molecular complexity index is 468. The SMILES string of the molecule is CC.Cc1ccc2nc(Cl)c(Br)cc2c1. The van der Waals surface area contributed by atoms with E-state index in [4.69, 9.17) is 11.6 Å². The summed E-state index contributed by atoms with van der Waals surface area (Å²) < 4.78 is 0.840. The number of nitrogens with zero attached hydrogens (tertiary/aromatic N) is 1. The van der Waals surface area contributed by atoms with Crippen LogP contribution in [0, 0.1) is 6.92 Å². The predicted molar refractivity (Wildman–Crippen MR) is 70.5 cm³/mol. The molecule has 0 fully saturated rings. The fourth-order valence-corrected chi connectivity index (χ4v) is 1.73. The summed E-state index contributed by atoms with van der Waals surface area (Å²) in [5.41, 5.74) is 2.15. The van der Waals surface area contributed by atoms with Crippen LogP contribution < -0.4 is 0 Å². The Morgan fingerprint density at radius 2 is 1.87 bits per heavy atom. The van der Waals surface area contributed by atoms with E-state index in [2.05, 4.69) is 33.9 Å². The largest absolute Gasteiger partial charge is 0.235 e. The van der Waals surface area contributed by atoms with Crippen molar-refractivity contribution >= 4 is 38.4 Å². The molecule has 0 radical (unpaired) electrons. The summed E-state index contributed by atoms with van der Waals surface area (Å²) in [4.78, 5) is 4.23. The molecule has 1 aromatic carbocycles. The number of aromatic nitrogens is 1. The highest BCUT2D eigenvalue weighted by Gasteiger charge is 2.01. The molecule has 0 N–H and O–H groups in total. The van der Waals surface area contributed by atoms with Crippen molar-refractivity contribution in [2.24, 2.45) is 0 Å². The van der Waals surface area contributed by atoms with Gasteiger partial charge in [-0.2, -0.15) is 0 Å². The molecule has 0 spiro atoms. The van der Waals surface area contributed by atoms with E-state index in [1.807, 2.05) is 32.0 Å². The summed E-state index contributed by atoms with van der Waals surface area (Å²) in [6.45, 7) is 6.06. The monoisotopic (exact) mass is 285 g/mol. The van der Waals surface area contributed by atoms with E-state index in [0.717, 1.165) is 15.4 Å². The van der Waals surface area contributed by atoms with Gasteiger partial charge in [-0.25, -0.2) is 4.98 Å². The molecule has 0 aliphatic carbocycles. The van der Waals surface area contributed by atoms with Crippen molar-refractivity contribution < 1.29 is 0 Å². The maximum Gasteiger partial charge on any atom is 0.143 e. The molecule has 0 aliphatic heterocycles. The zero-order valence-corrected chi connectivity index (χ0v) is 11.4. The van der Waals surface area contributed by atoms with Gasteiger partial charge in [0, 0.05) is 5.39 Å². The lowest BCUT2D eigenvalue weighted by atomic mass is 10.1. The molecular formula is C12H13BrClN. The molecule has 0 saturated heterocycles. The van der Waals surface area contributed by atoms with Crippen LogP contribution >= 0.6 is 27.5 Å². The van der Waals surface area contributed by atoms with Crippen LogP contribution in [0.15, 0.2) is 28.7 Å². The summed E-state index contributed by atoms with van der Waals surface area (Å²) in [6, 6.07) is 8.07. The third-order valence-corrected chi connectivity index (χ3v) is 3.00. The van der Waals surface area contributed by atoms with Crippen LogP contribution in [0.2, 0.25) is 5.15 Å². The number of hydrogen-bond acceptors (Lipinski definition) is 1. The quantitative estimate of drug-likeness (QED) is 0.622. The maximum absolute atomic E-state index is 5.87. The molecule has 1 nitrogen and oxygen atoms in total. The Morgan fingerprint density at radius 1 is 1.20 bits per heavy atom. The van der Waals surface area contributed by atoms with Gasteiger partial charge in [0.25, 0.3) is 0 Å². The van der Waals surface area contributed by atoms with Gasteiger partial charge in [0.15, 0.2) is 0 Å². The normalized spacial score (nSPS) is 9.67. The molecule has 2 aromatic rings. The van der Waals surface area contributed by atoms with E-state index in [9.17, 15) is 0 Å². The summed E-state index contributed by atoms with van der Waals surface area (Å²) >= 11 is 9.22. The van der Waals surface area contributed by atoms with Crippen LogP contribution in [0.1, 0.15) is 19.4 Å². The number of pyridine rings is 1. The Balaban J connectivity index is 0.000000531. The van der Waals surface area contributed by atoms with E-state index in [0.29, 0.717) is 5.15 Å². The van der Waals surface area contributed by atoms with E-state index >= 15 is 0 Å². The van der Waals surface area contributed by atoms with E-state index in [1.165, 1.54) is 5.56 Å². The first-order chi connectivity index (χ1) is 7.16. The van der Waals surface area contributed by atoms with E-state index in [1.54, 1.807) is 0 Å². The van der Waals surface area contributed by atoms with Gasteiger partial charge in [-0.15, -0.1) is 0 Å². The third-order valence-electron chi connectivity index (χ3n) is 1.88. The number of hydrogen-bond donors (Lipinski definition) is 0. The number of aryl methyl sites for hydroxylation is 1. The second-order valence-electron chi connectivity index (χ2n) is 2.96. The topological polar surface area (TPSA) is 12.9 Å².